The Balaban J connectivity index is 3.29. The molecule has 0 heterocycles. The summed E-state index contributed by atoms with van der Waals surface area (Å²) >= 11 is 0. The summed E-state index contributed by atoms with van der Waals surface area (Å²) in [6.45, 7) is 1.68. The summed E-state index contributed by atoms with van der Waals surface area (Å²) < 4.78 is 0. The second-order valence-electron chi connectivity index (χ2n) is 4.52. The molecule has 0 bridgehead atoms. The minimum absolute atomic E-state index is 0.321. The maximum atomic E-state index is 10.4. The highest BCUT2D eigenvalue weighted by atomic mass is 16.3. The molecular weight excluding hydrogens is 204 g/mol. The summed E-state index contributed by atoms with van der Waals surface area (Å²) in [6, 6.07) is 0. The van der Waals surface area contributed by atoms with Gasteiger partial charge in [0.15, 0.2) is 5.60 Å². The number of rotatable bonds is 11. The molecule has 1 unspecified atom stereocenters. The molecule has 16 heavy (non-hydrogen) atoms. The Kier molecular flexibility index (Phi) is 9.54. The summed E-state index contributed by atoms with van der Waals surface area (Å²) in [7, 11) is 0. The first kappa shape index (κ1) is 15.6. The summed E-state index contributed by atoms with van der Waals surface area (Å²) in [5, 5.41) is 18.2. The highest BCUT2D eigenvalue weighted by Crippen LogP contribution is 2.14. The average molecular weight is 229 g/mol. The van der Waals surface area contributed by atoms with Crippen LogP contribution in [0, 0.1) is 0 Å². The van der Waals surface area contributed by atoms with E-state index in [1.54, 1.807) is 0 Å². The lowest BCUT2D eigenvalue weighted by Gasteiger charge is -2.16. The lowest BCUT2D eigenvalue weighted by molar-refractivity contribution is 0.0333. The van der Waals surface area contributed by atoms with Gasteiger partial charge >= 0.3 is 0 Å². The van der Waals surface area contributed by atoms with Gasteiger partial charge in [-0.05, 0) is 6.42 Å². The Hall–Kier alpha value is -0.410. The van der Waals surface area contributed by atoms with Crippen LogP contribution in [0.1, 0.15) is 64.7 Å². The maximum absolute atomic E-state index is 10.4. The van der Waals surface area contributed by atoms with E-state index in [0.717, 1.165) is 19.3 Å². The van der Waals surface area contributed by atoms with Gasteiger partial charge in [0, 0.05) is 0 Å². The number of hydrogen-bond acceptors (Lipinski definition) is 3. The second kappa shape index (κ2) is 9.79. The molecule has 0 saturated heterocycles. The van der Waals surface area contributed by atoms with Crippen LogP contribution in [0.15, 0.2) is 0 Å². The first-order chi connectivity index (χ1) is 7.68. The number of carbonyl (C=O) groups excluding carboxylic acids is 1. The van der Waals surface area contributed by atoms with Gasteiger partial charge in [0.25, 0.3) is 0 Å². The molecule has 1 radical (unpaired) electrons. The van der Waals surface area contributed by atoms with Gasteiger partial charge in [-0.1, -0.05) is 58.3 Å². The topological polar surface area (TPSA) is 57.5 Å². The monoisotopic (exact) mass is 229 g/mol. The van der Waals surface area contributed by atoms with Crippen LogP contribution in [0.4, 0.5) is 0 Å². The van der Waals surface area contributed by atoms with E-state index in [4.69, 9.17) is 5.11 Å². The van der Waals surface area contributed by atoms with Gasteiger partial charge in [0.2, 0.25) is 6.29 Å². The Bertz CT molecular complexity index is 171. The van der Waals surface area contributed by atoms with Gasteiger partial charge in [-0.25, -0.2) is 0 Å². The first-order valence-electron chi connectivity index (χ1n) is 6.41. The number of hydrogen-bond donors (Lipinski definition) is 2. The fourth-order valence-electron chi connectivity index (χ4n) is 1.71. The second-order valence-corrected chi connectivity index (χ2v) is 4.52. The standard InChI is InChI=1S/C13H25O3/c1-2-3-4-5-6-7-8-9-10-13(16,11-14)12-15/h14,16H,2-11H2,1H3. The molecule has 3 nitrogen and oxygen atoms in total. The molecule has 0 aliphatic rings. The molecule has 0 saturated carbocycles. The minimum Gasteiger partial charge on any atom is -0.393 e. The molecule has 0 aliphatic carbocycles. The van der Waals surface area contributed by atoms with Crippen molar-refractivity contribution in [1.82, 2.24) is 0 Å². The zero-order valence-corrected chi connectivity index (χ0v) is 10.4. The van der Waals surface area contributed by atoms with Crippen molar-refractivity contribution in [2.24, 2.45) is 0 Å². The zero-order valence-electron chi connectivity index (χ0n) is 10.4. The van der Waals surface area contributed by atoms with Crippen molar-refractivity contribution >= 4 is 6.29 Å². The van der Waals surface area contributed by atoms with E-state index >= 15 is 0 Å². The molecule has 0 rings (SSSR count). The van der Waals surface area contributed by atoms with Crippen molar-refractivity contribution in [3.63, 3.8) is 0 Å². The minimum atomic E-state index is -1.62. The fraction of sp³-hybridized carbons (Fsp3) is 0.923. The SMILES string of the molecule is CCCCCCCCCCC(O)([C]=O)CO. The van der Waals surface area contributed by atoms with Gasteiger partial charge in [-0.2, -0.15) is 0 Å². The molecule has 0 spiro atoms. The van der Waals surface area contributed by atoms with Crippen molar-refractivity contribution in [1.29, 1.82) is 0 Å². The Labute approximate surface area is 98.9 Å². The van der Waals surface area contributed by atoms with E-state index < -0.39 is 12.2 Å². The van der Waals surface area contributed by atoms with Crippen LogP contribution >= 0.6 is 0 Å². The molecule has 0 aromatic carbocycles. The summed E-state index contributed by atoms with van der Waals surface area (Å²) in [4.78, 5) is 10.4. The van der Waals surface area contributed by atoms with Crippen LogP contribution in [0.5, 0.6) is 0 Å². The van der Waals surface area contributed by atoms with Gasteiger partial charge < -0.3 is 10.2 Å². The van der Waals surface area contributed by atoms with E-state index in [2.05, 4.69) is 6.92 Å². The van der Waals surface area contributed by atoms with Gasteiger partial charge in [0.1, 0.15) is 0 Å². The van der Waals surface area contributed by atoms with Crippen molar-refractivity contribution in [3.8, 4) is 0 Å². The number of aliphatic hydroxyl groups excluding tert-OH is 1. The first-order valence-corrected chi connectivity index (χ1v) is 6.41. The van der Waals surface area contributed by atoms with Crippen molar-refractivity contribution < 1.29 is 15.0 Å². The molecule has 0 aromatic rings. The van der Waals surface area contributed by atoms with Gasteiger partial charge in [0.05, 0.1) is 6.61 Å². The summed E-state index contributed by atoms with van der Waals surface area (Å²) in [5.74, 6) is 0. The predicted molar refractivity (Wildman–Crippen MR) is 65.0 cm³/mol. The van der Waals surface area contributed by atoms with Gasteiger partial charge in [-0.15, -0.1) is 0 Å². The van der Waals surface area contributed by atoms with Crippen LogP contribution in [-0.4, -0.2) is 28.7 Å². The van der Waals surface area contributed by atoms with Crippen molar-refractivity contribution in [2.75, 3.05) is 6.61 Å². The fourth-order valence-corrected chi connectivity index (χ4v) is 1.71. The molecule has 95 valence electrons. The Morgan fingerprint density at radius 3 is 1.94 bits per heavy atom. The lowest BCUT2D eigenvalue weighted by atomic mass is 9.98. The average Bonchev–Trinajstić information content (AvgIpc) is 2.32. The summed E-state index contributed by atoms with van der Waals surface area (Å²) in [6.07, 6.45) is 11.1. The Morgan fingerprint density at radius 2 is 1.50 bits per heavy atom. The number of unbranched alkanes of at least 4 members (excludes halogenated alkanes) is 7. The molecule has 0 amide bonds. The summed E-state index contributed by atoms with van der Waals surface area (Å²) in [5.41, 5.74) is -1.62. The maximum Gasteiger partial charge on any atom is 0.235 e. The van der Waals surface area contributed by atoms with Crippen molar-refractivity contribution in [2.45, 2.75) is 70.3 Å². The Morgan fingerprint density at radius 1 is 1.00 bits per heavy atom. The molecule has 2 N–H and O–H groups in total. The van der Waals surface area contributed by atoms with Crippen molar-refractivity contribution in [3.05, 3.63) is 0 Å². The highest BCUT2D eigenvalue weighted by Gasteiger charge is 2.25. The third-order valence-electron chi connectivity index (χ3n) is 2.90. The lowest BCUT2D eigenvalue weighted by Crippen LogP contribution is -2.34. The smallest absolute Gasteiger partial charge is 0.235 e. The van der Waals surface area contributed by atoms with E-state index in [9.17, 15) is 9.90 Å². The number of aliphatic hydroxyl groups is 2. The van der Waals surface area contributed by atoms with Crippen LogP contribution < -0.4 is 0 Å². The largest absolute Gasteiger partial charge is 0.393 e. The molecular formula is C13H25O3. The normalized spacial score (nSPS) is 14.7. The van der Waals surface area contributed by atoms with E-state index in [0.29, 0.717) is 6.42 Å². The van der Waals surface area contributed by atoms with Gasteiger partial charge in [-0.3, -0.25) is 4.79 Å². The molecule has 0 fully saturated rings. The highest BCUT2D eigenvalue weighted by molar-refractivity contribution is 5.62. The quantitative estimate of drug-likeness (QED) is 0.535. The third kappa shape index (κ3) is 7.83. The van der Waals surface area contributed by atoms with E-state index in [-0.39, 0.29) is 0 Å². The molecule has 1 atom stereocenters. The van der Waals surface area contributed by atoms with E-state index in [1.807, 2.05) is 0 Å². The van der Waals surface area contributed by atoms with Crippen LogP contribution in [0.25, 0.3) is 0 Å². The predicted octanol–water partition coefficient (Wildman–Crippen LogP) is 2.35. The van der Waals surface area contributed by atoms with E-state index in [1.165, 1.54) is 38.4 Å². The van der Waals surface area contributed by atoms with Crippen LogP contribution in [0.2, 0.25) is 0 Å². The zero-order chi connectivity index (χ0) is 12.3. The molecule has 0 aliphatic heterocycles. The van der Waals surface area contributed by atoms with Crippen LogP contribution in [0.3, 0.4) is 0 Å². The van der Waals surface area contributed by atoms with Crippen LogP contribution in [-0.2, 0) is 4.79 Å². The molecule has 3 heteroatoms. The third-order valence-corrected chi connectivity index (χ3v) is 2.90. The molecule has 0 aromatic heterocycles.